The lowest BCUT2D eigenvalue weighted by molar-refractivity contribution is 0.0761. The van der Waals surface area contributed by atoms with Gasteiger partial charge in [0.05, 0.1) is 22.2 Å². The minimum absolute atomic E-state index is 0.0716. The van der Waals surface area contributed by atoms with Crippen molar-refractivity contribution in [2.45, 2.75) is 13.0 Å². The van der Waals surface area contributed by atoms with Crippen molar-refractivity contribution in [1.82, 2.24) is 9.80 Å². The molecule has 3 rings (SSSR count). The van der Waals surface area contributed by atoms with Gasteiger partial charge in [0.15, 0.2) is 0 Å². The average molecular weight is 388 g/mol. The molecular weight excluding hydrogens is 369 g/mol. The molecule has 1 saturated heterocycles. The van der Waals surface area contributed by atoms with E-state index in [1.54, 1.807) is 18.2 Å². The van der Waals surface area contributed by atoms with Gasteiger partial charge in [0.1, 0.15) is 0 Å². The van der Waals surface area contributed by atoms with E-state index < -0.39 is 0 Å². The zero-order chi connectivity index (χ0) is 18.5. The monoisotopic (exact) mass is 387 g/mol. The maximum Gasteiger partial charge on any atom is 0.255 e. The second-order valence-corrected chi connectivity index (χ2v) is 7.20. The number of nitriles is 1. The van der Waals surface area contributed by atoms with Crippen molar-refractivity contribution in [2.24, 2.45) is 0 Å². The number of rotatable bonds is 3. The molecule has 134 valence electrons. The standard InChI is InChI=1S/C20H19Cl2N3O/c21-17-6-7-19(22)18(12-17)20(26)25-9-1-8-24(10-11-25)14-16-4-2-15(13-23)3-5-16/h2-7,12H,1,8-11,14H2. The first-order chi connectivity index (χ1) is 12.6. The third-order valence-corrected chi connectivity index (χ3v) is 5.09. The second kappa shape index (κ2) is 8.55. The molecule has 0 unspecified atom stereocenters. The molecule has 1 amide bonds. The molecule has 26 heavy (non-hydrogen) atoms. The molecule has 1 aliphatic heterocycles. The maximum atomic E-state index is 12.8. The van der Waals surface area contributed by atoms with Crippen LogP contribution in [0.5, 0.6) is 0 Å². The summed E-state index contributed by atoms with van der Waals surface area (Å²) < 4.78 is 0. The Morgan fingerprint density at radius 1 is 1.04 bits per heavy atom. The highest BCUT2D eigenvalue weighted by Crippen LogP contribution is 2.23. The Hall–Kier alpha value is -2.06. The normalized spacial score (nSPS) is 15.3. The van der Waals surface area contributed by atoms with Gasteiger partial charge in [-0.05, 0) is 42.3 Å². The van der Waals surface area contributed by atoms with Gasteiger partial charge in [-0.3, -0.25) is 9.69 Å². The van der Waals surface area contributed by atoms with Gasteiger partial charge in [0, 0.05) is 37.7 Å². The van der Waals surface area contributed by atoms with Crippen molar-refractivity contribution < 1.29 is 4.79 Å². The Labute approximate surface area is 163 Å². The summed E-state index contributed by atoms with van der Waals surface area (Å²) >= 11 is 12.2. The van der Waals surface area contributed by atoms with Gasteiger partial charge in [0.25, 0.3) is 5.91 Å². The molecule has 0 spiro atoms. The molecule has 1 heterocycles. The van der Waals surface area contributed by atoms with Crippen LogP contribution in [0.3, 0.4) is 0 Å². The van der Waals surface area contributed by atoms with E-state index in [-0.39, 0.29) is 5.91 Å². The summed E-state index contributed by atoms with van der Waals surface area (Å²) in [6.07, 6.45) is 0.903. The third kappa shape index (κ3) is 4.56. The molecule has 0 radical (unpaired) electrons. The zero-order valence-corrected chi connectivity index (χ0v) is 15.8. The van der Waals surface area contributed by atoms with E-state index in [2.05, 4.69) is 11.0 Å². The van der Waals surface area contributed by atoms with Crippen LogP contribution in [-0.4, -0.2) is 41.9 Å². The highest BCUT2D eigenvalue weighted by atomic mass is 35.5. The van der Waals surface area contributed by atoms with Crippen molar-refractivity contribution in [2.75, 3.05) is 26.2 Å². The highest BCUT2D eigenvalue weighted by Gasteiger charge is 2.22. The molecule has 0 atom stereocenters. The van der Waals surface area contributed by atoms with E-state index in [0.29, 0.717) is 34.3 Å². The predicted octanol–water partition coefficient (Wildman–Crippen LogP) is 4.21. The topological polar surface area (TPSA) is 47.3 Å². The minimum atomic E-state index is -0.0716. The van der Waals surface area contributed by atoms with E-state index in [4.69, 9.17) is 28.5 Å². The second-order valence-electron chi connectivity index (χ2n) is 6.35. The van der Waals surface area contributed by atoms with Crippen LogP contribution in [0.25, 0.3) is 0 Å². The first-order valence-corrected chi connectivity index (χ1v) is 9.28. The summed E-state index contributed by atoms with van der Waals surface area (Å²) in [4.78, 5) is 17.0. The van der Waals surface area contributed by atoms with E-state index in [9.17, 15) is 4.79 Å². The van der Waals surface area contributed by atoms with Crippen molar-refractivity contribution in [3.05, 3.63) is 69.2 Å². The lowest BCUT2D eigenvalue weighted by Crippen LogP contribution is -2.35. The molecular formula is C20H19Cl2N3O. The van der Waals surface area contributed by atoms with Crippen molar-refractivity contribution >= 4 is 29.1 Å². The minimum Gasteiger partial charge on any atom is -0.337 e. The SMILES string of the molecule is N#Cc1ccc(CN2CCCN(C(=O)c3cc(Cl)ccc3Cl)CC2)cc1. The van der Waals surface area contributed by atoms with Crippen LogP contribution in [0.2, 0.25) is 10.0 Å². The van der Waals surface area contributed by atoms with Crippen LogP contribution in [0.4, 0.5) is 0 Å². The number of hydrogen-bond donors (Lipinski definition) is 0. The Bertz CT molecular complexity index is 830. The van der Waals surface area contributed by atoms with Gasteiger partial charge >= 0.3 is 0 Å². The molecule has 0 aliphatic carbocycles. The molecule has 2 aromatic rings. The largest absolute Gasteiger partial charge is 0.337 e. The van der Waals surface area contributed by atoms with Crippen LogP contribution in [-0.2, 0) is 6.54 Å². The van der Waals surface area contributed by atoms with Gasteiger partial charge < -0.3 is 4.90 Å². The summed E-state index contributed by atoms with van der Waals surface area (Å²) in [5, 5.41) is 9.82. The van der Waals surface area contributed by atoms with Crippen LogP contribution in [0, 0.1) is 11.3 Å². The van der Waals surface area contributed by atoms with Gasteiger partial charge in [0.2, 0.25) is 0 Å². The number of benzene rings is 2. The molecule has 1 aliphatic rings. The van der Waals surface area contributed by atoms with Crippen LogP contribution < -0.4 is 0 Å². The molecule has 6 heteroatoms. The molecule has 4 nitrogen and oxygen atoms in total. The lowest BCUT2D eigenvalue weighted by Gasteiger charge is -2.22. The molecule has 0 aromatic heterocycles. The number of hydrogen-bond acceptors (Lipinski definition) is 3. The number of carbonyl (C=O) groups is 1. The summed E-state index contributed by atoms with van der Waals surface area (Å²) in [5.41, 5.74) is 2.29. The fourth-order valence-electron chi connectivity index (χ4n) is 3.11. The van der Waals surface area contributed by atoms with Gasteiger partial charge in [-0.1, -0.05) is 35.3 Å². The average Bonchev–Trinajstić information content (AvgIpc) is 2.89. The summed E-state index contributed by atoms with van der Waals surface area (Å²) in [5.74, 6) is -0.0716. The molecule has 1 fully saturated rings. The first kappa shape index (κ1) is 18.7. The van der Waals surface area contributed by atoms with Gasteiger partial charge in [-0.25, -0.2) is 0 Å². The zero-order valence-electron chi connectivity index (χ0n) is 14.3. The van der Waals surface area contributed by atoms with E-state index >= 15 is 0 Å². The molecule has 0 N–H and O–H groups in total. The van der Waals surface area contributed by atoms with Gasteiger partial charge in [-0.2, -0.15) is 5.26 Å². The third-order valence-electron chi connectivity index (χ3n) is 4.52. The quantitative estimate of drug-likeness (QED) is 0.791. The Kier molecular flexibility index (Phi) is 6.16. The van der Waals surface area contributed by atoms with Gasteiger partial charge in [-0.15, -0.1) is 0 Å². The number of carbonyl (C=O) groups excluding carboxylic acids is 1. The summed E-state index contributed by atoms with van der Waals surface area (Å²) in [7, 11) is 0. The fraction of sp³-hybridized carbons (Fsp3) is 0.300. The van der Waals surface area contributed by atoms with Crippen molar-refractivity contribution in [1.29, 1.82) is 5.26 Å². The predicted molar refractivity (Wildman–Crippen MR) is 103 cm³/mol. The van der Waals surface area contributed by atoms with Crippen molar-refractivity contribution in [3.8, 4) is 6.07 Å². The van der Waals surface area contributed by atoms with E-state index in [1.807, 2.05) is 29.2 Å². The van der Waals surface area contributed by atoms with Crippen LogP contribution >= 0.6 is 23.2 Å². The summed E-state index contributed by atoms with van der Waals surface area (Å²) in [6, 6.07) is 14.7. The van der Waals surface area contributed by atoms with Crippen molar-refractivity contribution in [3.63, 3.8) is 0 Å². The number of nitrogens with zero attached hydrogens (tertiary/aromatic N) is 3. The van der Waals surface area contributed by atoms with Crippen LogP contribution in [0.15, 0.2) is 42.5 Å². The lowest BCUT2D eigenvalue weighted by atomic mass is 10.1. The first-order valence-electron chi connectivity index (χ1n) is 8.52. The fourth-order valence-corrected chi connectivity index (χ4v) is 3.48. The Balaban J connectivity index is 1.63. The number of halogens is 2. The molecule has 0 saturated carbocycles. The van der Waals surface area contributed by atoms with E-state index in [0.717, 1.165) is 26.1 Å². The number of amides is 1. The summed E-state index contributed by atoms with van der Waals surface area (Å²) in [6.45, 7) is 3.88. The maximum absolute atomic E-state index is 12.8. The molecule has 0 bridgehead atoms. The molecule has 2 aromatic carbocycles. The van der Waals surface area contributed by atoms with Crippen LogP contribution in [0.1, 0.15) is 27.9 Å². The Morgan fingerprint density at radius 2 is 1.81 bits per heavy atom. The highest BCUT2D eigenvalue weighted by molar-refractivity contribution is 6.35. The smallest absolute Gasteiger partial charge is 0.255 e. The Morgan fingerprint density at radius 3 is 2.54 bits per heavy atom. The van der Waals surface area contributed by atoms with E-state index in [1.165, 1.54) is 5.56 Å².